The van der Waals surface area contributed by atoms with E-state index in [-0.39, 0.29) is 9.77 Å². The topological polar surface area (TPSA) is 118 Å². The maximum absolute atomic E-state index is 12.1. The standard InChI is InChI=1S/C13H15N3O5S2/c1-13(2,12(18)19)16-6-9(5-14-16)15-11(17)8-4-10(22-7-8)23(3,20)21/h4-7H,1-3H3,(H,15,17)(H,18,19). The highest BCUT2D eigenvalue weighted by atomic mass is 32.2. The van der Waals surface area contributed by atoms with Gasteiger partial charge in [-0.05, 0) is 19.9 Å². The Morgan fingerprint density at radius 2 is 2.04 bits per heavy atom. The third-order valence-corrected chi connectivity index (χ3v) is 5.91. The SMILES string of the molecule is CC(C)(C(=O)O)n1cc(NC(=O)c2csc(S(C)(=O)=O)c2)cn1. The van der Waals surface area contributed by atoms with Gasteiger partial charge in [0.05, 0.1) is 17.4 Å². The molecule has 23 heavy (non-hydrogen) atoms. The molecule has 2 heterocycles. The van der Waals surface area contributed by atoms with Crippen LogP contribution in [0.3, 0.4) is 0 Å². The van der Waals surface area contributed by atoms with Gasteiger partial charge in [0.1, 0.15) is 4.21 Å². The van der Waals surface area contributed by atoms with Gasteiger partial charge in [-0.1, -0.05) is 0 Å². The highest BCUT2D eigenvalue weighted by molar-refractivity contribution is 7.92. The van der Waals surface area contributed by atoms with Crippen molar-refractivity contribution in [1.29, 1.82) is 0 Å². The summed E-state index contributed by atoms with van der Waals surface area (Å²) in [6.45, 7) is 2.95. The van der Waals surface area contributed by atoms with E-state index >= 15 is 0 Å². The van der Waals surface area contributed by atoms with Crippen LogP contribution < -0.4 is 5.32 Å². The molecule has 0 aromatic carbocycles. The Morgan fingerprint density at radius 1 is 1.39 bits per heavy atom. The number of amides is 1. The van der Waals surface area contributed by atoms with E-state index in [0.717, 1.165) is 17.6 Å². The number of carboxylic acids is 1. The maximum Gasteiger partial charge on any atom is 0.331 e. The zero-order valence-electron chi connectivity index (χ0n) is 12.6. The number of sulfone groups is 1. The minimum absolute atomic E-state index is 0.102. The van der Waals surface area contributed by atoms with Crippen LogP contribution in [0.1, 0.15) is 24.2 Å². The summed E-state index contributed by atoms with van der Waals surface area (Å²) < 4.78 is 24.2. The lowest BCUT2D eigenvalue weighted by Gasteiger charge is -2.19. The van der Waals surface area contributed by atoms with Gasteiger partial charge in [0.15, 0.2) is 15.4 Å². The maximum atomic E-state index is 12.1. The van der Waals surface area contributed by atoms with Gasteiger partial charge in [0, 0.05) is 17.8 Å². The molecule has 0 fully saturated rings. The minimum Gasteiger partial charge on any atom is -0.479 e. The third-order valence-electron chi connectivity index (χ3n) is 3.14. The summed E-state index contributed by atoms with van der Waals surface area (Å²) in [5.74, 6) is -1.56. The van der Waals surface area contributed by atoms with Crippen LogP contribution in [0.2, 0.25) is 0 Å². The fraction of sp³-hybridized carbons (Fsp3) is 0.308. The van der Waals surface area contributed by atoms with E-state index in [0.29, 0.717) is 5.69 Å². The Labute approximate surface area is 136 Å². The summed E-state index contributed by atoms with van der Waals surface area (Å²) in [6.07, 6.45) is 3.79. The molecular formula is C13H15N3O5S2. The number of anilines is 1. The monoisotopic (exact) mass is 357 g/mol. The highest BCUT2D eigenvalue weighted by Gasteiger charge is 2.30. The molecule has 2 N–H and O–H groups in total. The van der Waals surface area contributed by atoms with Crippen molar-refractivity contribution in [3.05, 3.63) is 29.4 Å². The number of nitrogens with zero attached hydrogens (tertiary/aromatic N) is 2. The molecular weight excluding hydrogens is 342 g/mol. The van der Waals surface area contributed by atoms with Crippen LogP contribution in [0.25, 0.3) is 0 Å². The molecule has 2 rings (SSSR count). The van der Waals surface area contributed by atoms with Crippen LogP contribution in [-0.4, -0.2) is 41.4 Å². The van der Waals surface area contributed by atoms with E-state index in [1.165, 1.54) is 42.4 Å². The van der Waals surface area contributed by atoms with Gasteiger partial charge in [-0.15, -0.1) is 11.3 Å². The number of aromatic nitrogens is 2. The lowest BCUT2D eigenvalue weighted by Crippen LogP contribution is -2.35. The second-order valence-electron chi connectivity index (χ2n) is 5.42. The van der Waals surface area contributed by atoms with Crippen LogP contribution in [0.4, 0.5) is 5.69 Å². The highest BCUT2D eigenvalue weighted by Crippen LogP contribution is 2.22. The Bertz CT molecular complexity index is 864. The van der Waals surface area contributed by atoms with E-state index < -0.39 is 27.3 Å². The van der Waals surface area contributed by atoms with Crippen molar-refractivity contribution in [2.45, 2.75) is 23.6 Å². The first-order valence-electron chi connectivity index (χ1n) is 6.40. The summed E-state index contributed by atoms with van der Waals surface area (Å²) >= 11 is 0.961. The number of carbonyl (C=O) groups excluding carboxylic acids is 1. The molecule has 0 aliphatic heterocycles. The van der Waals surface area contributed by atoms with Crippen molar-refractivity contribution >= 4 is 38.7 Å². The first-order valence-corrected chi connectivity index (χ1v) is 9.17. The molecule has 0 bridgehead atoms. The molecule has 0 saturated heterocycles. The van der Waals surface area contributed by atoms with Crippen molar-refractivity contribution in [2.24, 2.45) is 0 Å². The van der Waals surface area contributed by atoms with Gasteiger partial charge in [0.2, 0.25) is 0 Å². The molecule has 2 aromatic rings. The molecule has 8 nitrogen and oxygen atoms in total. The summed E-state index contributed by atoms with van der Waals surface area (Å²) in [6, 6.07) is 1.29. The first-order chi connectivity index (χ1) is 10.5. The normalized spacial score (nSPS) is 12.1. The molecule has 1 amide bonds. The molecule has 0 unspecified atom stereocenters. The smallest absolute Gasteiger partial charge is 0.331 e. The molecule has 0 aliphatic carbocycles. The number of thiophene rings is 1. The van der Waals surface area contributed by atoms with Crippen LogP contribution >= 0.6 is 11.3 Å². The summed E-state index contributed by atoms with van der Waals surface area (Å²) in [5, 5.41) is 17.1. The van der Waals surface area contributed by atoms with Gasteiger partial charge in [-0.25, -0.2) is 13.2 Å². The molecule has 0 aliphatic rings. The average molecular weight is 357 g/mol. The number of carbonyl (C=O) groups is 2. The first kappa shape index (κ1) is 17.2. The fourth-order valence-electron chi connectivity index (χ4n) is 1.62. The van der Waals surface area contributed by atoms with E-state index in [1.54, 1.807) is 0 Å². The van der Waals surface area contributed by atoms with E-state index in [4.69, 9.17) is 5.11 Å². The Balaban J connectivity index is 2.17. The van der Waals surface area contributed by atoms with E-state index in [1.807, 2.05) is 0 Å². The van der Waals surface area contributed by atoms with E-state index in [9.17, 15) is 18.0 Å². The van der Waals surface area contributed by atoms with Crippen molar-refractivity contribution < 1.29 is 23.1 Å². The third kappa shape index (κ3) is 3.59. The van der Waals surface area contributed by atoms with Crippen molar-refractivity contribution in [2.75, 3.05) is 11.6 Å². The molecule has 0 atom stereocenters. The second-order valence-corrected chi connectivity index (χ2v) is 8.57. The molecule has 0 radical (unpaired) electrons. The number of nitrogens with one attached hydrogen (secondary N) is 1. The van der Waals surface area contributed by atoms with Crippen molar-refractivity contribution in [3.63, 3.8) is 0 Å². The Morgan fingerprint density at radius 3 is 2.57 bits per heavy atom. The largest absolute Gasteiger partial charge is 0.479 e. The fourth-order valence-corrected chi connectivity index (χ4v) is 3.42. The Hall–Kier alpha value is -2.20. The summed E-state index contributed by atoms with van der Waals surface area (Å²) in [7, 11) is -3.36. The van der Waals surface area contributed by atoms with Gasteiger partial charge >= 0.3 is 5.97 Å². The second kappa shape index (κ2) is 5.78. The molecule has 0 spiro atoms. The molecule has 124 valence electrons. The lowest BCUT2D eigenvalue weighted by atomic mass is 10.1. The van der Waals surface area contributed by atoms with Crippen LogP contribution in [0, 0.1) is 0 Å². The average Bonchev–Trinajstić information content (AvgIpc) is 3.06. The number of carboxylic acid groups (broad SMARTS) is 1. The van der Waals surface area contributed by atoms with E-state index in [2.05, 4.69) is 10.4 Å². The van der Waals surface area contributed by atoms with Gasteiger partial charge in [-0.3, -0.25) is 9.48 Å². The molecule has 2 aromatic heterocycles. The lowest BCUT2D eigenvalue weighted by molar-refractivity contribution is -0.146. The van der Waals surface area contributed by atoms with Gasteiger partial charge < -0.3 is 10.4 Å². The van der Waals surface area contributed by atoms with Crippen LogP contribution in [0.15, 0.2) is 28.0 Å². The van der Waals surface area contributed by atoms with Crippen molar-refractivity contribution in [3.8, 4) is 0 Å². The predicted molar refractivity (Wildman–Crippen MR) is 84.6 cm³/mol. The number of hydrogen-bond acceptors (Lipinski definition) is 6. The Kier molecular flexibility index (Phi) is 4.31. The number of hydrogen-bond donors (Lipinski definition) is 2. The summed E-state index contributed by atoms with van der Waals surface area (Å²) in [5.41, 5.74) is -0.730. The van der Waals surface area contributed by atoms with Gasteiger partial charge in [0.25, 0.3) is 5.91 Å². The zero-order chi connectivity index (χ0) is 17.4. The summed E-state index contributed by atoms with van der Waals surface area (Å²) in [4.78, 5) is 23.3. The number of aliphatic carboxylic acids is 1. The van der Waals surface area contributed by atoms with Crippen LogP contribution in [0.5, 0.6) is 0 Å². The quantitative estimate of drug-likeness (QED) is 0.835. The minimum atomic E-state index is -3.36. The van der Waals surface area contributed by atoms with Gasteiger partial charge in [-0.2, -0.15) is 5.10 Å². The molecule has 10 heteroatoms. The van der Waals surface area contributed by atoms with Crippen LogP contribution in [-0.2, 0) is 20.2 Å². The molecule has 0 saturated carbocycles. The number of rotatable bonds is 5. The zero-order valence-corrected chi connectivity index (χ0v) is 14.2. The van der Waals surface area contributed by atoms with Crippen molar-refractivity contribution in [1.82, 2.24) is 9.78 Å². The predicted octanol–water partition coefficient (Wildman–Crippen LogP) is 1.42.